The van der Waals surface area contributed by atoms with Gasteiger partial charge in [0, 0.05) is 13.6 Å². The highest BCUT2D eigenvalue weighted by Crippen LogP contribution is 2.18. The Morgan fingerprint density at radius 3 is 2.61 bits per heavy atom. The number of primary amides is 1. The third-order valence-electron chi connectivity index (χ3n) is 2.79. The van der Waals surface area contributed by atoms with Crippen molar-refractivity contribution in [1.29, 1.82) is 5.26 Å². The fourth-order valence-corrected chi connectivity index (χ4v) is 1.57. The number of amides is 2. The van der Waals surface area contributed by atoms with Gasteiger partial charge in [0.15, 0.2) is 13.2 Å². The number of carbonyl (C=O) groups excluding carboxylic acids is 3. The van der Waals surface area contributed by atoms with Crippen molar-refractivity contribution in [3.63, 3.8) is 0 Å². The van der Waals surface area contributed by atoms with E-state index in [-0.39, 0.29) is 30.9 Å². The van der Waals surface area contributed by atoms with Crippen LogP contribution in [0.15, 0.2) is 24.3 Å². The second-order valence-corrected chi connectivity index (χ2v) is 4.55. The molecule has 1 aromatic rings. The summed E-state index contributed by atoms with van der Waals surface area (Å²) in [7, 11) is 1.51. The van der Waals surface area contributed by atoms with Crippen LogP contribution in [0, 0.1) is 11.3 Å². The second kappa shape index (κ2) is 9.04. The van der Waals surface area contributed by atoms with Gasteiger partial charge in [0.2, 0.25) is 0 Å². The summed E-state index contributed by atoms with van der Waals surface area (Å²) < 4.78 is 10.0. The number of nitriles is 1. The molecule has 0 spiro atoms. The Labute approximate surface area is 133 Å². The first kappa shape index (κ1) is 18.0. The van der Waals surface area contributed by atoms with Crippen molar-refractivity contribution in [3.05, 3.63) is 29.8 Å². The lowest BCUT2D eigenvalue weighted by atomic mass is 10.2. The molecular formula is C15H17N3O5. The van der Waals surface area contributed by atoms with Crippen LogP contribution in [0.3, 0.4) is 0 Å². The molecule has 0 aliphatic carbocycles. The number of hydrogen-bond donors (Lipinski definition) is 1. The Balaban J connectivity index is 2.63. The van der Waals surface area contributed by atoms with E-state index in [1.807, 2.05) is 6.07 Å². The second-order valence-electron chi connectivity index (χ2n) is 4.55. The molecular weight excluding hydrogens is 302 g/mol. The Kier molecular flexibility index (Phi) is 7.07. The number of rotatable bonds is 8. The van der Waals surface area contributed by atoms with Gasteiger partial charge in [0.05, 0.1) is 12.5 Å². The van der Waals surface area contributed by atoms with Crippen LogP contribution in [0.25, 0.3) is 0 Å². The summed E-state index contributed by atoms with van der Waals surface area (Å²) in [5.41, 5.74) is 5.07. The van der Waals surface area contributed by atoms with Crippen LogP contribution in [-0.2, 0) is 14.3 Å². The number of carbonyl (C=O) groups is 3. The van der Waals surface area contributed by atoms with Crippen molar-refractivity contribution >= 4 is 17.8 Å². The van der Waals surface area contributed by atoms with Crippen LogP contribution >= 0.6 is 0 Å². The molecule has 0 fully saturated rings. The molecule has 0 heterocycles. The number of ether oxygens (including phenoxy) is 2. The molecule has 122 valence electrons. The highest BCUT2D eigenvalue weighted by Gasteiger charge is 2.17. The van der Waals surface area contributed by atoms with Crippen molar-refractivity contribution in [2.45, 2.75) is 6.42 Å². The third-order valence-corrected chi connectivity index (χ3v) is 2.79. The highest BCUT2D eigenvalue weighted by molar-refractivity contribution is 5.94. The lowest BCUT2D eigenvalue weighted by molar-refractivity contribution is -0.133. The maximum Gasteiger partial charge on any atom is 0.342 e. The molecule has 8 nitrogen and oxygen atoms in total. The molecule has 0 aliphatic rings. The van der Waals surface area contributed by atoms with Crippen LogP contribution < -0.4 is 10.5 Å². The molecule has 0 aliphatic heterocycles. The van der Waals surface area contributed by atoms with E-state index in [0.717, 1.165) is 0 Å². The summed E-state index contributed by atoms with van der Waals surface area (Å²) in [5.74, 6) is -1.72. The summed E-state index contributed by atoms with van der Waals surface area (Å²) >= 11 is 0. The first-order valence-corrected chi connectivity index (χ1v) is 6.74. The number of esters is 1. The summed E-state index contributed by atoms with van der Waals surface area (Å²) in [6, 6.07) is 8.06. The third kappa shape index (κ3) is 6.05. The van der Waals surface area contributed by atoms with Gasteiger partial charge in [-0.15, -0.1) is 0 Å². The van der Waals surface area contributed by atoms with Gasteiger partial charge >= 0.3 is 5.97 Å². The highest BCUT2D eigenvalue weighted by atomic mass is 16.5. The van der Waals surface area contributed by atoms with Crippen LogP contribution in [0.4, 0.5) is 0 Å². The van der Waals surface area contributed by atoms with Crippen molar-refractivity contribution in [2.24, 2.45) is 5.73 Å². The van der Waals surface area contributed by atoms with E-state index >= 15 is 0 Å². The maximum atomic E-state index is 12.0. The van der Waals surface area contributed by atoms with E-state index < -0.39 is 24.4 Å². The zero-order chi connectivity index (χ0) is 17.2. The number of likely N-dealkylation sites (N-methyl/N-ethyl adjacent to an activating group) is 1. The molecule has 2 N–H and O–H groups in total. The smallest absolute Gasteiger partial charge is 0.342 e. The Hall–Kier alpha value is -3.08. The summed E-state index contributed by atoms with van der Waals surface area (Å²) in [6.45, 7) is -0.573. The van der Waals surface area contributed by atoms with E-state index in [2.05, 4.69) is 0 Å². The first-order valence-electron chi connectivity index (χ1n) is 6.74. The Morgan fingerprint density at radius 1 is 1.26 bits per heavy atom. The number of para-hydroxylation sites is 1. The quantitative estimate of drug-likeness (QED) is 0.677. The van der Waals surface area contributed by atoms with Crippen LogP contribution in [-0.4, -0.2) is 49.5 Å². The zero-order valence-electron chi connectivity index (χ0n) is 12.7. The normalized spacial score (nSPS) is 9.57. The Bertz CT molecular complexity index is 624. The minimum atomic E-state index is -0.757. The van der Waals surface area contributed by atoms with E-state index in [4.69, 9.17) is 20.5 Å². The van der Waals surface area contributed by atoms with E-state index in [0.29, 0.717) is 0 Å². The Morgan fingerprint density at radius 2 is 1.96 bits per heavy atom. The largest absolute Gasteiger partial charge is 0.483 e. The average molecular weight is 319 g/mol. The van der Waals surface area contributed by atoms with Gasteiger partial charge in [-0.3, -0.25) is 9.59 Å². The SMILES string of the molecule is CN(CCC#N)C(=O)COC(=O)c1ccccc1OCC(N)=O. The van der Waals surface area contributed by atoms with Crippen molar-refractivity contribution in [1.82, 2.24) is 4.90 Å². The minimum Gasteiger partial charge on any atom is -0.483 e. The topological polar surface area (TPSA) is 123 Å². The van der Waals surface area contributed by atoms with Crippen LogP contribution in [0.2, 0.25) is 0 Å². The predicted octanol–water partition coefficient (Wildman–Crippen LogP) is 0.0796. The van der Waals surface area contributed by atoms with E-state index in [9.17, 15) is 14.4 Å². The molecule has 0 radical (unpaired) electrons. The van der Waals surface area contributed by atoms with Crippen molar-refractivity contribution in [3.8, 4) is 11.8 Å². The zero-order valence-corrected chi connectivity index (χ0v) is 12.7. The standard InChI is InChI=1S/C15H17N3O5/c1-18(8-4-7-16)14(20)10-23-15(21)11-5-2-3-6-12(11)22-9-13(17)19/h2-3,5-6H,4,8-10H2,1H3,(H2,17,19). The molecule has 1 aromatic carbocycles. The molecule has 0 unspecified atom stereocenters. The molecule has 0 atom stereocenters. The fraction of sp³-hybridized carbons (Fsp3) is 0.333. The number of hydrogen-bond acceptors (Lipinski definition) is 6. The fourth-order valence-electron chi connectivity index (χ4n) is 1.57. The maximum absolute atomic E-state index is 12.0. The molecule has 0 saturated carbocycles. The average Bonchev–Trinajstić information content (AvgIpc) is 2.55. The van der Waals surface area contributed by atoms with Gasteiger partial charge in [-0.1, -0.05) is 12.1 Å². The van der Waals surface area contributed by atoms with Gasteiger partial charge in [-0.05, 0) is 12.1 Å². The monoisotopic (exact) mass is 319 g/mol. The molecule has 0 aromatic heterocycles. The summed E-state index contributed by atoms with van der Waals surface area (Å²) in [4.78, 5) is 35.8. The van der Waals surface area contributed by atoms with Crippen LogP contribution in [0.1, 0.15) is 16.8 Å². The summed E-state index contributed by atoms with van der Waals surface area (Å²) in [6.07, 6.45) is 0.194. The minimum absolute atomic E-state index is 0.0845. The number of nitrogens with zero attached hydrogens (tertiary/aromatic N) is 2. The molecule has 8 heteroatoms. The lowest BCUT2D eigenvalue weighted by Gasteiger charge is -2.15. The van der Waals surface area contributed by atoms with Crippen molar-refractivity contribution in [2.75, 3.05) is 26.8 Å². The van der Waals surface area contributed by atoms with E-state index in [1.165, 1.54) is 24.1 Å². The van der Waals surface area contributed by atoms with E-state index in [1.54, 1.807) is 12.1 Å². The van der Waals surface area contributed by atoms with Crippen LogP contribution in [0.5, 0.6) is 5.75 Å². The molecule has 0 saturated heterocycles. The molecule has 0 bridgehead atoms. The number of nitrogens with two attached hydrogens (primary N) is 1. The van der Waals surface area contributed by atoms with Gasteiger partial charge in [0.25, 0.3) is 11.8 Å². The predicted molar refractivity (Wildman–Crippen MR) is 79.3 cm³/mol. The number of benzene rings is 1. The van der Waals surface area contributed by atoms with Crippen molar-refractivity contribution < 1.29 is 23.9 Å². The van der Waals surface area contributed by atoms with Gasteiger partial charge in [0.1, 0.15) is 11.3 Å². The van der Waals surface area contributed by atoms with Gasteiger partial charge in [-0.25, -0.2) is 4.79 Å². The van der Waals surface area contributed by atoms with Gasteiger partial charge in [-0.2, -0.15) is 5.26 Å². The molecule has 1 rings (SSSR count). The lowest BCUT2D eigenvalue weighted by Crippen LogP contribution is -2.32. The molecule has 23 heavy (non-hydrogen) atoms. The van der Waals surface area contributed by atoms with Gasteiger partial charge < -0.3 is 20.1 Å². The first-order chi connectivity index (χ1) is 11.0. The summed E-state index contributed by atoms with van der Waals surface area (Å²) in [5, 5.41) is 8.46. The molecule has 2 amide bonds.